The SMILES string of the molecule is NC(CNS(=O)(=O)CCc1ccccn1)c1ccccc1. The van der Waals surface area contributed by atoms with Crippen molar-refractivity contribution in [1.29, 1.82) is 0 Å². The van der Waals surface area contributed by atoms with Crippen LogP contribution < -0.4 is 10.5 Å². The van der Waals surface area contributed by atoms with E-state index in [2.05, 4.69) is 9.71 Å². The number of nitrogens with zero attached hydrogens (tertiary/aromatic N) is 1. The molecule has 0 fully saturated rings. The van der Waals surface area contributed by atoms with E-state index < -0.39 is 10.0 Å². The Labute approximate surface area is 125 Å². The Hall–Kier alpha value is -1.76. The van der Waals surface area contributed by atoms with E-state index in [1.54, 1.807) is 12.3 Å². The number of hydrogen-bond donors (Lipinski definition) is 2. The highest BCUT2D eigenvalue weighted by Gasteiger charge is 2.13. The van der Waals surface area contributed by atoms with Gasteiger partial charge in [-0.3, -0.25) is 4.98 Å². The predicted octanol–water partition coefficient (Wildman–Crippen LogP) is 1.24. The summed E-state index contributed by atoms with van der Waals surface area (Å²) in [5, 5.41) is 0. The monoisotopic (exact) mass is 305 g/mol. The molecule has 0 aliphatic heterocycles. The maximum absolute atomic E-state index is 11.9. The first-order valence-corrected chi connectivity index (χ1v) is 8.40. The molecule has 0 saturated carbocycles. The third-order valence-corrected chi connectivity index (χ3v) is 4.45. The van der Waals surface area contributed by atoms with Crippen molar-refractivity contribution >= 4 is 10.0 Å². The first kappa shape index (κ1) is 15.6. The number of hydrogen-bond acceptors (Lipinski definition) is 4. The van der Waals surface area contributed by atoms with Crippen LogP contribution in [0.4, 0.5) is 0 Å². The molecular weight excluding hydrogens is 286 g/mol. The van der Waals surface area contributed by atoms with E-state index >= 15 is 0 Å². The van der Waals surface area contributed by atoms with Gasteiger partial charge in [0.05, 0.1) is 5.75 Å². The molecule has 112 valence electrons. The molecule has 1 unspecified atom stereocenters. The van der Waals surface area contributed by atoms with Crippen molar-refractivity contribution in [3.8, 4) is 0 Å². The number of rotatable bonds is 7. The quantitative estimate of drug-likeness (QED) is 0.806. The van der Waals surface area contributed by atoms with Crippen molar-refractivity contribution in [1.82, 2.24) is 9.71 Å². The Kier molecular flexibility index (Phi) is 5.44. The molecule has 2 rings (SSSR count). The first-order chi connectivity index (χ1) is 10.1. The van der Waals surface area contributed by atoms with Gasteiger partial charge in [-0.05, 0) is 17.7 Å². The van der Waals surface area contributed by atoms with Crippen LogP contribution in [0.1, 0.15) is 17.3 Å². The normalized spacial score (nSPS) is 13.0. The Morgan fingerprint density at radius 1 is 1.10 bits per heavy atom. The van der Waals surface area contributed by atoms with Gasteiger partial charge >= 0.3 is 0 Å². The van der Waals surface area contributed by atoms with Crippen molar-refractivity contribution < 1.29 is 8.42 Å². The molecule has 1 heterocycles. The number of aryl methyl sites for hydroxylation is 1. The second kappa shape index (κ2) is 7.31. The van der Waals surface area contributed by atoms with E-state index in [9.17, 15) is 8.42 Å². The van der Waals surface area contributed by atoms with Crippen LogP contribution in [0.25, 0.3) is 0 Å². The topological polar surface area (TPSA) is 85.1 Å². The van der Waals surface area contributed by atoms with Gasteiger partial charge in [0.2, 0.25) is 10.0 Å². The summed E-state index contributed by atoms with van der Waals surface area (Å²) < 4.78 is 26.4. The number of benzene rings is 1. The second-order valence-corrected chi connectivity index (χ2v) is 6.68. The highest BCUT2D eigenvalue weighted by molar-refractivity contribution is 7.89. The van der Waals surface area contributed by atoms with E-state index in [0.29, 0.717) is 6.42 Å². The van der Waals surface area contributed by atoms with Gasteiger partial charge in [-0.2, -0.15) is 0 Å². The minimum absolute atomic E-state index is 0.00548. The first-order valence-electron chi connectivity index (χ1n) is 6.74. The lowest BCUT2D eigenvalue weighted by Crippen LogP contribution is -2.34. The summed E-state index contributed by atoms with van der Waals surface area (Å²) in [6, 6.07) is 14.5. The largest absolute Gasteiger partial charge is 0.323 e. The molecule has 6 heteroatoms. The molecule has 3 N–H and O–H groups in total. The highest BCUT2D eigenvalue weighted by atomic mass is 32.2. The maximum atomic E-state index is 11.9. The van der Waals surface area contributed by atoms with Crippen LogP contribution in [0.2, 0.25) is 0 Å². The molecule has 2 aromatic rings. The zero-order valence-electron chi connectivity index (χ0n) is 11.6. The van der Waals surface area contributed by atoms with E-state index in [1.807, 2.05) is 42.5 Å². The number of nitrogens with one attached hydrogen (secondary N) is 1. The average Bonchev–Trinajstić information content (AvgIpc) is 2.53. The molecule has 1 atom stereocenters. The Bertz CT molecular complexity index is 645. The third kappa shape index (κ3) is 5.26. The van der Waals surface area contributed by atoms with Gasteiger partial charge in [0.25, 0.3) is 0 Å². The lowest BCUT2D eigenvalue weighted by molar-refractivity contribution is 0.571. The summed E-state index contributed by atoms with van der Waals surface area (Å²) in [4.78, 5) is 4.11. The highest BCUT2D eigenvalue weighted by Crippen LogP contribution is 2.08. The summed E-state index contributed by atoms with van der Waals surface area (Å²) in [6.45, 7) is 0.189. The molecule has 5 nitrogen and oxygen atoms in total. The molecule has 0 amide bonds. The van der Waals surface area contributed by atoms with Gasteiger partial charge in [0.15, 0.2) is 0 Å². The summed E-state index contributed by atoms with van der Waals surface area (Å²) in [5.41, 5.74) is 7.64. The van der Waals surface area contributed by atoms with Crippen LogP contribution in [0.5, 0.6) is 0 Å². The van der Waals surface area contributed by atoms with Crippen LogP contribution in [0.15, 0.2) is 54.7 Å². The number of sulfonamides is 1. The van der Waals surface area contributed by atoms with Gasteiger partial charge in [-0.15, -0.1) is 0 Å². The van der Waals surface area contributed by atoms with E-state index in [0.717, 1.165) is 11.3 Å². The molecule has 21 heavy (non-hydrogen) atoms. The molecule has 0 bridgehead atoms. The molecule has 0 saturated heterocycles. The summed E-state index contributed by atoms with van der Waals surface area (Å²) >= 11 is 0. The van der Waals surface area contributed by atoms with Gasteiger partial charge < -0.3 is 5.73 Å². The summed E-state index contributed by atoms with van der Waals surface area (Å²) in [6.07, 6.45) is 2.04. The number of nitrogens with two attached hydrogens (primary N) is 1. The number of aromatic nitrogens is 1. The van der Waals surface area contributed by atoms with Crippen molar-refractivity contribution in [2.45, 2.75) is 12.5 Å². The Balaban J connectivity index is 1.84. The lowest BCUT2D eigenvalue weighted by atomic mass is 10.1. The Morgan fingerprint density at radius 2 is 1.81 bits per heavy atom. The third-order valence-electron chi connectivity index (χ3n) is 3.10. The van der Waals surface area contributed by atoms with Crippen molar-refractivity contribution in [2.24, 2.45) is 5.73 Å². The van der Waals surface area contributed by atoms with Crippen molar-refractivity contribution in [2.75, 3.05) is 12.3 Å². The summed E-state index contributed by atoms with van der Waals surface area (Å²) in [7, 11) is -3.35. The minimum atomic E-state index is -3.35. The van der Waals surface area contributed by atoms with E-state index in [1.165, 1.54) is 0 Å². The number of pyridine rings is 1. The molecule has 1 aromatic heterocycles. The molecule has 0 radical (unpaired) electrons. The van der Waals surface area contributed by atoms with Gasteiger partial charge in [0.1, 0.15) is 0 Å². The predicted molar refractivity (Wildman–Crippen MR) is 83.1 cm³/mol. The molecule has 1 aromatic carbocycles. The standard InChI is InChI=1S/C15H19N3O2S/c16-15(13-6-2-1-3-7-13)12-18-21(19,20)11-9-14-8-4-5-10-17-14/h1-8,10,15,18H,9,11-12,16H2. The van der Waals surface area contributed by atoms with Crippen molar-refractivity contribution in [3.05, 3.63) is 66.0 Å². The van der Waals surface area contributed by atoms with E-state index in [-0.39, 0.29) is 18.3 Å². The fraction of sp³-hybridized carbons (Fsp3) is 0.267. The zero-order valence-corrected chi connectivity index (χ0v) is 12.5. The lowest BCUT2D eigenvalue weighted by Gasteiger charge is -2.13. The summed E-state index contributed by atoms with van der Waals surface area (Å²) in [5.74, 6) is 0.00548. The smallest absolute Gasteiger partial charge is 0.212 e. The van der Waals surface area contributed by atoms with Gasteiger partial charge in [-0.1, -0.05) is 36.4 Å². The van der Waals surface area contributed by atoms with Crippen molar-refractivity contribution in [3.63, 3.8) is 0 Å². The average molecular weight is 305 g/mol. The van der Waals surface area contributed by atoms with Gasteiger partial charge in [-0.25, -0.2) is 13.1 Å². The Morgan fingerprint density at radius 3 is 2.48 bits per heavy atom. The fourth-order valence-electron chi connectivity index (χ4n) is 1.89. The van der Waals surface area contributed by atoms with Crippen LogP contribution in [-0.2, 0) is 16.4 Å². The maximum Gasteiger partial charge on any atom is 0.212 e. The molecular formula is C15H19N3O2S. The molecule has 0 aliphatic rings. The fourth-order valence-corrected chi connectivity index (χ4v) is 2.95. The second-order valence-electron chi connectivity index (χ2n) is 4.76. The van der Waals surface area contributed by atoms with Crippen LogP contribution in [0, 0.1) is 0 Å². The molecule has 0 spiro atoms. The van der Waals surface area contributed by atoms with Gasteiger partial charge in [0, 0.05) is 30.9 Å². The van der Waals surface area contributed by atoms with Crippen LogP contribution in [0.3, 0.4) is 0 Å². The zero-order chi connectivity index (χ0) is 15.1. The van der Waals surface area contributed by atoms with E-state index in [4.69, 9.17) is 5.73 Å². The van der Waals surface area contributed by atoms with Crippen LogP contribution in [-0.4, -0.2) is 25.7 Å². The molecule has 0 aliphatic carbocycles. The van der Waals surface area contributed by atoms with Crippen LogP contribution >= 0.6 is 0 Å². The minimum Gasteiger partial charge on any atom is -0.323 e.